The van der Waals surface area contributed by atoms with Gasteiger partial charge in [-0.1, -0.05) is 31.8 Å². The summed E-state index contributed by atoms with van der Waals surface area (Å²) >= 11 is 0. The lowest BCUT2D eigenvalue weighted by atomic mass is 9.73. The SMILES string of the molecule is Cc1cc(C#Cc2ccc(CC(=O)O)c(F)c2)cc2c1OC(C)(C)CC2(C)C. The highest BCUT2D eigenvalue weighted by Gasteiger charge is 2.39. The molecule has 2 aromatic rings. The Kier molecular flexibility index (Phi) is 4.97. The van der Waals surface area contributed by atoms with Gasteiger partial charge in [-0.25, -0.2) is 4.39 Å². The van der Waals surface area contributed by atoms with E-state index in [2.05, 4.69) is 45.6 Å². The topological polar surface area (TPSA) is 46.5 Å². The van der Waals surface area contributed by atoms with Crippen LogP contribution in [0.25, 0.3) is 0 Å². The molecule has 1 N–H and O–H groups in total. The van der Waals surface area contributed by atoms with Crippen LogP contribution < -0.4 is 4.74 Å². The number of carboxylic acids is 1. The first kappa shape index (κ1) is 19.9. The van der Waals surface area contributed by atoms with Crippen LogP contribution >= 0.6 is 0 Å². The van der Waals surface area contributed by atoms with Crippen molar-refractivity contribution in [2.75, 3.05) is 0 Å². The van der Waals surface area contributed by atoms with Crippen molar-refractivity contribution in [1.29, 1.82) is 0 Å². The standard InChI is InChI=1S/C24H25FO3/c1-15-10-17(11-19-22(15)28-24(4,5)14-23(19,2)3)7-6-16-8-9-18(13-21(26)27)20(25)12-16/h8-12H,13-14H2,1-5H3,(H,26,27). The van der Waals surface area contributed by atoms with E-state index in [0.717, 1.165) is 28.9 Å². The normalized spacial score (nSPS) is 16.4. The molecule has 1 aliphatic heterocycles. The van der Waals surface area contributed by atoms with E-state index in [-0.39, 0.29) is 23.0 Å². The smallest absolute Gasteiger partial charge is 0.307 e. The summed E-state index contributed by atoms with van der Waals surface area (Å²) < 4.78 is 20.3. The average molecular weight is 380 g/mol. The van der Waals surface area contributed by atoms with Crippen LogP contribution in [-0.4, -0.2) is 16.7 Å². The molecule has 0 amide bonds. The lowest BCUT2D eigenvalue weighted by Gasteiger charge is -2.43. The Bertz CT molecular complexity index is 1010. The monoisotopic (exact) mass is 380 g/mol. The molecular formula is C24H25FO3. The minimum atomic E-state index is -1.06. The van der Waals surface area contributed by atoms with E-state index in [1.807, 2.05) is 13.0 Å². The predicted molar refractivity (Wildman–Crippen MR) is 107 cm³/mol. The molecule has 0 unspecified atom stereocenters. The second-order valence-electron chi connectivity index (χ2n) is 8.72. The minimum absolute atomic E-state index is 0.0376. The molecule has 1 heterocycles. The maximum absolute atomic E-state index is 14.1. The molecule has 0 atom stereocenters. The number of carbonyl (C=O) groups is 1. The maximum Gasteiger partial charge on any atom is 0.307 e. The summed E-state index contributed by atoms with van der Waals surface area (Å²) in [6.07, 6.45) is 0.564. The quantitative estimate of drug-likeness (QED) is 0.746. The van der Waals surface area contributed by atoms with E-state index in [1.54, 1.807) is 6.07 Å². The molecule has 0 fully saturated rings. The first-order valence-corrected chi connectivity index (χ1v) is 9.33. The number of ether oxygens (including phenoxy) is 1. The molecular weight excluding hydrogens is 355 g/mol. The summed E-state index contributed by atoms with van der Waals surface area (Å²) in [7, 11) is 0. The number of aryl methyl sites for hydroxylation is 1. The van der Waals surface area contributed by atoms with Crippen molar-refractivity contribution in [2.45, 2.75) is 58.5 Å². The number of halogens is 1. The number of benzene rings is 2. The van der Waals surface area contributed by atoms with E-state index in [0.29, 0.717) is 5.56 Å². The number of hydrogen-bond donors (Lipinski definition) is 1. The van der Waals surface area contributed by atoms with Crippen molar-refractivity contribution in [3.05, 3.63) is 64.0 Å². The van der Waals surface area contributed by atoms with Crippen molar-refractivity contribution >= 4 is 5.97 Å². The summed E-state index contributed by atoms with van der Waals surface area (Å²) in [5, 5.41) is 8.81. The molecule has 1 aliphatic rings. The fourth-order valence-electron chi connectivity index (χ4n) is 4.03. The van der Waals surface area contributed by atoms with Gasteiger partial charge in [0.05, 0.1) is 6.42 Å². The number of aliphatic carboxylic acids is 1. The fourth-order valence-corrected chi connectivity index (χ4v) is 4.03. The average Bonchev–Trinajstić information content (AvgIpc) is 2.54. The summed E-state index contributed by atoms with van der Waals surface area (Å²) in [5.74, 6) is 5.41. The third-order valence-corrected chi connectivity index (χ3v) is 5.00. The molecule has 0 radical (unpaired) electrons. The Balaban J connectivity index is 1.95. The Morgan fingerprint density at radius 1 is 1.14 bits per heavy atom. The summed E-state index contributed by atoms with van der Waals surface area (Å²) in [5.41, 5.74) is 3.43. The second-order valence-corrected chi connectivity index (χ2v) is 8.72. The van der Waals surface area contributed by atoms with Gasteiger partial charge in [0.1, 0.15) is 17.2 Å². The highest BCUT2D eigenvalue weighted by Crippen LogP contribution is 2.46. The third-order valence-electron chi connectivity index (χ3n) is 5.00. The molecule has 0 aliphatic carbocycles. The van der Waals surface area contributed by atoms with Gasteiger partial charge in [-0.15, -0.1) is 0 Å². The molecule has 0 aromatic heterocycles. The van der Waals surface area contributed by atoms with Crippen LogP contribution in [0.4, 0.5) is 4.39 Å². The van der Waals surface area contributed by atoms with Crippen molar-refractivity contribution in [2.24, 2.45) is 0 Å². The maximum atomic E-state index is 14.1. The summed E-state index contributed by atoms with van der Waals surface area (Å²) in [6, 6.07) is 8.45. The predicted octanol–water partition coefficient (Wildman–Crippen LogP) is 5.00. The van der Waals surface area contributed by atoms with Gasteiger partial charge >= 0.3 is 5.97 Å². The van der Waals surface area contributed by atoms with E-state index < -0.39 is 11.8 Å². The molecule has 4 heteroatoms. The van der Waals surface area contributed by atoms with Gasteiger partial charge < -0.3 is 9.84 Å². The Morgan fingerprint density at radius 2 is 1.82 bits per heavy atom. The molecule has 146 valence electrons. The van der Waals surface area contributed by atoms with Crippen molar-refractivity contribution in [3.8, 4) is 17.6 Å². The largest absolute Gasteiger partial charge is 0.487 e. The fraction of sp³-hybridized carbons (Fsp3) is 0.375. The first-order chi connectivity index (χ1) is 13.0. The third kappa shape index (κ3) is 4.20. The number of fused-ring (bicyclic) bond motifs is 1. The van der Waals surface area contributed by atoms with E-state index >= 15 is 0 Å². The first-order valence-electron chi connectivity index (χ1n) is 9.33. The van der Waals surface area contributed by atoms with Gasteiger partial charge in [-0.05, 0) is 68.0 Å². The molecule has 3 rings (SSSR count). The van der Waals surface area contributed by atoms with E-state index in [1.165, 1.54) is 12.1 Å². The number of rotatable bonds is 2. The molecule has 0 saturated heterocycles. The van der Waals surface area contributed by atoms with E-state index in [4.69, 9.17) is 9.84 Å². The van der Waals surface area contributed by atoms with Gasteiger partial charge in [-0.3, -0.25) is 4.79 Å². The van der Waals surface area contributed by atoms with Crippen molar-refractivity contribution in [3.63, 3.8) is 0 Å². The van der Waals surface area contributed by atoms with Crippen molar-refractivity contribution in [1.82, 2.24) is 0 Å². The number of carboxylic acid groups (broad SMARTS) is 1. The van der Waals surface area contributed by atoms with Gasteiger partial charge in [0.2, 0.25) is 0 Å². The highest BCUT2D eigenvalue weighted by molar-refractivity contribution is 5.70. The lowest BCUT2D eigenvalue weighted by molar-refractivity contribution is -0.136. The summed E-state index contributed by atoms with van der Waals surface area (Å²) in [6.45, 7) is 10.6. The Hall–Kier alpha value is -2.80. The Morgan fingerprint density at radius 3 is 2.46 bits per heavy atom. The van der Waals surface area contributed by atoms with Crippen LogP contribution in [0.3, 0.4) is 0 Å². The van der Waals surface area contributed by atoms with Crippen LogP contribution in [-0.2, 0) is 16.6 Å². The van der Waals surface area contributed by atoms with E-state index in [9.17, 15) is 9.18 Å². The second kappa shape index (κ2) is 6.98. The molecule has 0 bridgehead atoms. The van der Waals surface area contributed by atoms with Crippen LogP contribution in [0.2, 0.25) is 0 Å². The van der Waals surface area contributed by atoms with Crippen LogP contribution in [0, 0.1) is 24.6 Å². The summed E-state index contributed by atoms with van der Waals surface area (Å²) in [4.78, 5) is 10.8. The molecule has 0 saturated carbocycles. The van der Waals surface area contributed by atoms with Crippen LogP contribution in [0.15, 0.2) is 30.3 Å². The molecule has 0 spiro atoms. The Labute approximate surface area is 165 Å². The molecule has 3 nitrogen and oxygen atoms in total. The van der Waals surface area contributed by atoms with Crippen LogP contribution in [0.5, 0.6) is 5.75 Å². The zero-order valence-electron chi connectivity index (χ0n) is 16.9. The minimum Gasteiger partial charge on any atom is -0.487 e. The number of hydrogen-bond acceptors (Lipinski definition) is 2. The van der Waals surface area contributed by atoms with Crippen molar-refractivity contribution < 1.29 is 19.0 Å². The molecule has 2 aromatic carbocycles. The van der Waals surface area contributed by atoms with Gasteiger partial charge in [0.15, 0.2) is 0 Å². The van der Waals surface area contributed by atoms with Gasteiger partial charge in [0.25, 0.3) is 0 Å². The van der Waals surface area contributed by atoms with Gasteiger partial charge in [0, 0.05) is 16.7 Å². The molecule has 28 heavy (non-hydrogen) atoms. The van der Waals surface area contributed by atoms with Crippen LogP contribution in [0.1, 0.15) is 61.9 Å². The lowest BCUT2D eigenvalue weighted by Crippen LogP contribution is -2.41. The van der Waals surface area contributed by atoms with Gasteiger partial charge in [-0.2, -0.15) is 0 Å². The zero-order valence-corrected chi connectivity index (χ0v) is 16.9. The highest BCUT2D eigenvalue weighted by atomic mass is 19.1. The zero-order chi connectivity index (χ0) is 20.7.